The molecule has 0 aliphatic carbocycles. The minimum absolute atomic E-state index is 0.00164. The van der Waals surface area contributed by atoms with Gasteiger partial charge in [-0.1, -0.05) is 0 Å². The first-order valence-corrected chi connectivity index (χ1v) is 7.36. The number of nitrogen functional groups attached to an aromatic ring is 1. The third-order valence-electron chi connectivity index (χ3n) is 2.54. The Kier molecular flexibility index (Phi) is 4.08. The van der Waals surface area contributed by atoms with Gasteiger partial charge in [0.1, 0.15) is 17.3 Å². The van der Waals surface area contributed by atoms with Crippen molar-refractivity contribution in [2.24, 2.45) is 0 Å². The van der Waals surface area contributed by atoms with E-state index >= 15 is 0 Å². The summed E-state index contributed by atoms with van der Waals surface area (Å²) in [5.74, 6) is -0.0115. The molecule has 10 heteroatoms. The number of carbonyl (C=O) groups excluding carboxylic acids is 1. The van der Waals surface area contributed by atoms with Crippen LogP contribution in [0.15, 0.2) is 35.6 Å². The highest BCUT2D eigenvalue weighted by Gasteiger charge is 2.15. The molecule has 4 N–H and O–H groups in total. The summed E-state index contributed by atoms with van der Waals surface area (Å²) in [5, 5.41) is 6.33. The molecule has 0 radical (unpaired) electrons. The largest absolute Gasteiger partial charge is 0.384 e. The van der Waals surface area contributed by atoms with E-state index < -0.39 is 10.0 Å². The number of aromatic nitrogens is 3. The van der Waals surface area contributed by atoms with E-state index in [1.807, 2.05) is 0 Å². The number of likely N-dealkylation sites (N-methyl/N-ethyl adjacent to an activating group) is 1. The number of anilines is 2. The molecule has 0 aliphatic rings. The first-order valence-electron chi connectivity index (χ1n) is 5.88. The fourth-order valence-corrected chi connectivity index (χ4v) is 2.47. The zero-order valence-corrected chi connectivity index (χ0v) is 12.0. The molecule has 0 spiro atoms. The van der Waals surface area contributed by atoms with E-state index in [1.54, 1.807) is 0 Å². The minimum atomic E-state index is -3.77. The monoisotopic (exact) mass is 310 g/mol. The summed E-state index contributed by atoms with van der Waals surface area (Å²) in [5.41, 5.74) is 5.65. The van der Waals surface area contributed by atoms with Crippen LogP contribution in [0.5, 0.6) is 0 Å². The molecule has 2 heterocycles. The summed E-state index contributed by atoms with van der Waals surface area (Å²) < 4.78 is 27.8. The zero-order chi connectivity index (χ0) is 15.5. The topological polar surface area (TPSA) is 132 Å². The number of nitrogens with zero attached hydrogens (tertiary/aromatic N) is 3. The second-order valence-electron chi connectivity index (χ2n) is 4.12. The Labute approximate surface area is 121 Å². The maximum absolute atomic E-state index is 12.1. The number of sulfonamides is 1. The molecule has 9 nitrogen and oxygen atoms in total. The van der Waals surface area contributed by atoms with Crippen molar-refractivity contribution < 1.29 is 13.2 Å². The number of amides is 1. The molecule has 0 atom stereocenters. The van der Waals surface area contributed by atoms with Crippen molar-refractivity contribution >= 4 is 27.4 Å². The summed E-state index contributed by atoms with van der Waals surface area (Å²) in [6.45, 7) is 0.00164. The van der Waals surface area contributed by atoms with Crippen LogP contribution in [0.4, 0.5) is 11.5 Å². The van der Waals surface area contributed by atoms with Gasteiger partial charge in [-0.05, 0) is 12.1 Å². The van der Waals surface area contributed by atoms with E-state index in [4.69, 9.17) is 5.73 Å². The van der Waals surface area contributed by atoms with Crippen LogP contribution in [-0.4, -0.2) is 36.1 Å². The highest BCUT2D eigenvalue weighted by atomic mass is 32.2. The molecule has 2 aromatic heterocycles. The second-order valence-corrected chi connectivity index (χ2v) is 5.81. The van der Waals surface area contributed by atoms with Gasteiger partial charge in [0.15, 0.2) is 0 Å². The fourth-order valence-electron chi connectivity index (χ4n) is 1.49. The van der Waals surface area contributed by atoms with Crippen molar-refractivity contribution in [2.45, 2.75) is 11.4 Å². The predicted octanol–water partition coefficient (Wildman–Crippen LogP) is -0.593. The van der Waals surface area contributed by atoms with Gasteiger partial charge < -0.3 is 11.1 Å². The Hall–Kier alpha value is -2.62. The van der Waals surface area contributed by atoms with Crippen LogP contribution in [0.2, 0.25) is 0 Å². The average molecular weight is 310 g/mol. The summed E-state index contributed by atoms with van der Waals surface area (Å²) >= 11 is 0. The van der Waals surface area contributed by atoms with Crippen molar-refractivity contribution in [2.75, 3.05) is 17.5 Å². The van der Waals surface area contributed by atoms with Gasteiger partial charge in [-0.25, -0.2) is 13.4 Å². The molecule has 112 valence electrons. The Morgan fingerprint density at radius 1 is 1.38 bits per heavy atom. The minimum Gasteiger partial charge on any atom is -0.384 e. The highest BCUT2D eigenvalue weighted by molar-refractivity contribution is 7.92. The highest BCUT2D eigenvalue weighted by Crippen LogP contribution is 2.15. The molecule has 0 fully saturated rings. The molecule has 21 heavy (non-hydrogen) atoms. The van der Waals surface area contributed by atoms with Crippen molar-refractivity contribution in [3.05, 3.63) is 30.7 Å². The number of carbonyl (C=O) groups is 1. The van der Waals surface area contributed by atoms with Gasteiger partial charge in [0.25, 0.3) is 10.0 Å². The van der Waals surface area contributed by atoms with Crippen molar-refractivity contribution in [1.29, 1.82) is 0 Å². The maximum atomic E-state index is 12.1. The average Bonchev–Trinajstić information content (AvgIpc) is 2.85. The predicted molar refractivity (Wildman–Crippen MR) is 75.8 cm³/mol. The van der Waals surface area contributed by atoms with Gasteiger partial charge >= 0.3 is 0 Å². The number of nitrogens with one attached hydrogen (secondary N) is 2. The smallest absolute Gasteiger partial charge is 0.263 e. The van der Waals surface area contributed by atoms with Crippen molar-refractivity contribution in [1.82, 2.24) is 20.1 Å². The maximum Gasteiger partial charge on any atom is 0.263 e. The zero-order valence-electron chi connectivity index (χ0n) is 11.1. The molecule has 2 aromatic rings. The Morgan fingerprint density at radius 2 is 2.14 bits per heavy atom. The molecular formula is C11H14N6O3S. The van der Waals surface area contributed by atoms with E-state index in [2.05, 4.69) is 20.1 Å². The van der Waals surface area contributed by atoms with Crippen molar-refractivity contribution in [3.8, 4) is 0 Å². The summed E-state index contributed by atoms with van der Waals surface area (Å²) in [4.78, 5) is 14.9. The fraction of sp³-hybridized carbons (Fsp3) is 0.182. The second kappa shape index (κ2) is 5.79. The number of nitrogens with two attached hydrogens (primary N) is 1. The molecule has 0 bridgehead atoms. The van der Waals surface area contributed by atoms with E-state index in [-0.39, 0.29) is 28.9 Å². The molecule has 0 aliphatic heterocycles. The van der Waals surface area contributed by atoms with Crippen LogP contribution in [0.1, 0.15) is 0 Å². The van der Waals surface area contributed by atoms with E-state index in [0.717, 1.165) is 6.20 Å². The summed E-state index contributed by atoms with van der Waals surface area (Å²) in [7, 11) is -2.27. The van der Waals surface area contributed by atoms with Gasteiger partial charge in [0.2, 0.25) is 5.91 Å². The van der Waals surface area contributed by atoms with Crippen LogP contribution >= 0.6 is 0 Å². The van der Waals surface area contributed by atoms with Crippen LogP contribution < -0.4 is 15.8 Å². The molecule has 1 amide bonds. The lowest BCUT2D eigenvalue weighted by atomic mass is 10.5. The van der Waals surface area contributed by atoms with Gasteiger partial charge in [-0.15, -0.1) is 0 Å². The third kappa shape index (κ3) is 3.69. The lowest BCUT2D eigenvalue weighted by Gasteiger charge is -2.05. The van der Waals surface area contributed by atoms with E-state index in [9.17, 15) is 13.2 Å². The number of hydrogen-bond acceptors (Lipinski definition) is 6. The van der Waals surface area contributed by atoms with Crippen LogP contribution in [0, 0.1) is 0 Å². The molecule has 0 unspecified atom stereocenters. The quantitative estimate of drug-likeness (QED) is 0.676. The molecule has 0 saturated heterocycles. The Bertz CT molecular complexity index is 738. The number of pyridine rings is 1. The van der Waals surface area contributed by atoms with Crippen LogP contribution in [0.25, 0.3) is 0 Å². The first kappa shape index (κ1) is 14.8. The number of hydrogen-bond donors (Lipinski definition) is 3. The molecular weight excluding hydrogens is 296 g/mol. The Balaban J connectivity index is 2.14. The summed E-state index contributed by atoms with van der Waals surface area (Å²) in [6.07, 6.45) is 3.88. The SMILES string of the molecule is CNC(=O)Cn1cc(NS(=O)(=O)c2ccc(N)nc2)cn1. The molecule has 0 saturated carbocycles. The van der Waals surface area contributed by atoms with E-state index in [1.165, 1.54) is 36.3 Å². The standard InChI is InChI=1S/C11H14N6O3S/c1-13-11(18)7-17-6-8(4-15-17)16-21(19,20)9-2-3-10(12)14-5-9/h2-6,16H,7H2,1H3,(H2,12,14)(H,13,18). The lowest BCUT2D eigenvalue weighted by Crippen LogP contribution is -2.23. The molecule has 0 aromatic carbocycles. The van der Waals surface area contributed by atoms with E-state index in [0.29, 0.717) is 0 Å². The van der Waals surface area contributed by atoms with Gasteiger partial charge in [-0.3, -0.25) is 14.2 Å². The lowest BCUT2D eigenvalue weighted by molar-refractivity contribution is -0.121. The third-order valence-corrected chi connectivity index (χ3v) is 3.91. The van der Waals surface area contributed by atoms with Crippen LogP contribution in [-0.2, 0) is 21.4 Å². The summed E-state index contributed by atoms with van der Waals surface area (Å²) in [6, 6.07) is 2.74. The normalized spacial score (nSPS) is 11.1. The van der Waals surface area contributed by atoms with Gasteiger partial charge in [0.05, 0.1) is 11.9 Å². The van der Waals surface area contributed by atoms with Crippen molar-refractivity contribution in [3.63, 3.8) is 0 Å². The molecule has 2 rings (SSSR count). The van der Waals surface area contributed by atoms with Gasteiger partial charge in [0, 0.05) is 19.4 Å². The van der Waals surface area contributed by atoms with Gasteiger partial charge in [-0.2, -0.15) is 5.10 Å². The number of rotatable bonds is 5. The first-order chi connectivity index (χ1) is 9.90. The Morgan fingerprint density at radius 3 is 2.76 bits per heavy atom. The van der Waals surface area contributed by atoms with Crippen LogP contribution in [0.3, 0.4) is 0 Å².